The lowest BCUT2D eigenvalue weighted by atomic mass is 10.0. The summed E-state index contributed by atoms with van der Waals surface area (Å²) in [5.41, 5.74) is 2.21. The van der Waals surface area contributed by atoms with E-state index in [1.54, 1.807) is 13.8 Å². The van der Waals surface area contributed by atoms with Crippen LogP contribution in [-0.4, -0.2) is 38.2 Å². The summed E-state index contributed by atoms with van der Waals surface area (Å²) in [5, 5.41) is 6.14. The lowest BCUT2D eigenvalue weighted by molar-refractivity contribution is -0.889. The van der Waals surface area contributed by atoms with Gasteiger partial charge in [-0.05, 0) is 26.0 Å². The van der Waals surface area contributed by atoms with E-state index in [1.807, 2.05) is 31.3 Å². The molecule has 0 aromatic heterocycles. The molecule has 2 rings (SSSR count). The van der Waals surface area contributed by atoms with Crippen LogP contribution in [0.3, 0.4) is 0 Å². The number of nitrogens with one attached hydrogen (secondary N) is 3. The van der Waals surface area contributed by atoms with E-state index in [4.69, 9.17) is 16.3 Å². The van der Waals surface area contributed by atoms with Crippen LogP contribution in [0.1, 0.15) is 19.4 Å². The van der Waals surface area contributed by atoms with E-state index in [0.717, 1.165) is 17.0 Å². The minimum Gasteiger partial charge on any atom is -0.463 e. The van der Waals surface area contributed by atoms with E-state index in [2.05, 4.69) is 10.6 Å². The third-order valence-electron chi connectivity index (χ3n) is 3.76. The van der Waals surface area contributed by atoms with E-state index >= 15 is 0 Å². The molecule has 0 aliphatic carbocycles. The average molecular weight is 353 g/mol. The molecule has 0 spiro atoms. The van der Waals surface area contributed by atoms with Crippen LogP contribution in [0.5, 0.6) is 0 Å². The molecule has 2 atom stereocenters. The molecule has 6 nitrogen and oxygen atoms in total. The molecule has 1 heterocycles. The third-order valence-corrected chi connectivity index (χ3v) is 4.02. The molecule has 3 N–H and O–H groups in total. The van der Waals surface area contributed by atoms with Gasteiger partial charge in [0.05, 0.1) is 31.0 Å². The third kappa shape index (κ3) is 4.72. The number of ether oxygens (including phenoxy) is 1. The standard InChI is InChI=1S/C17H22ClN3O3/c1-4-24-16(22)15-11(2)19-17(23)20-14(15)10-21(3)9-12-5-7-13(18)8-6-12/h5-8,11H,4,9-10H2,1-3H3,(H2,19,20,23)/p+1/t11-/m1/s1. The first-order valence-corrected chi connectivity index (χ1v) is 8.32. The van der Waals surface area contributed by atoms with Crippen LogP contribution in [-0.2, 0) is 16.1 Å². The highest BCUT2D eigenvalue weighted by atomic mass is 35.5. The van der Waals surface area contributed by atoms with Crippen molar-refractivity contribution in [2.24, 2.45) is 0 Å². The Balaban J connectivity index is 2.15. The normalized spacial score (nSPS) is 18.7. The van der Waals surface area contributed by atoms with E-state index in [9.17, 15) is 9.59 Å². The number of rotatable bonds is 6. The molecular weight excluding hydrogens is 330 g/mol. The summed E-state index contributed by atoms with van der Waals surface area (Å²) in [6.45, 7) is 5.09. The minimum atomic E-state index is -0.396. The minimum absolute atomic E-state index is 0.295. The Morgan fingerprint density at radius 3 is 2.58 bits per heavy atom. The van der Waals surface area contributed by atoms with Gasteiger partial charge >= 0.3 is 12.0 Å². The quantitative estimate of drug-likeness (QED) is 0.665. The fourth-order valence-electron chi connectivity index (χ4n) is 2.73. The molecule has 1 aromatic carbocycles. The predicted octanol–water partition coefficient (Wildman–Crippen LogP) is 0.873. The first kappa shape index (κ1) is 18.3. The number of hydrogen-bond donors (Lipinski definition) is 3. The fourth-order valence-corrected chi connectivity index (χ4v) is 2.86. The smallest absolute Gasteiger partial charge is 0.338 e. The van der Waals surface area contributed by atoms with Crippen LogP contribution in [0.15, 0.2) is 35.5 Å². The summed E-state index contributed by atoms with van der Waals surface area (Å²) in [4.78, 5) is 25.1. The molecule has 0 radical (unpaired) electrons. The zero-order chi connectivity index (χ0) is 17.7. The number of benzene rings is 1. The van der Waals surface area contributed by atoms with Gasteiger partial charge in [0.2, 0.25) is 0 Å². The zero-order valence-electron chi connectivity index (χ0n) is 14.1. The number of carbonyl (C=O) groups is 2. The molecule has 2 amide bonds. The van der Waals surface area contributed by atoms with Gasteiger partial charge in [-0.1, -0.05) is 23.7 Å². The van der Waals surface area contributed by atoms with Crippen molar-refractivity contribution < 1.29 is 19.2 Å². The van der Waals surface area contributed by atoms with Crippen molar-refractivity contribution in [2.45, 2.75) is 26.4 Å². The largest absolute Gasteiger partial charge is 0.463 e. The molecule has 0 bridgehead atoms. The Bertz CT molecular complexity index is 643. The van der Waals surface area contributed by atoms with Crippen molar-refractivity contribution in [1.82, 2.24) is 10.6 Å². The lowest BCUT2D eigenvalue weighted by Crippen LogP contribution is -3.08. The topological polar surface area (TPSA) is 71.9 Å². The summed E-state index contributed by atoms with van der Waals surface area (Å²) >= 11 is 5.90. The summed E-state index contributed by atoms with van der Waals surface area (Å²) in [7, 11) is 2.00. The Morgan fingerprint density at radius 1 is 1.29 bits per heavy atom. The summed E-state index contributed by atoms with van der Waals surface area (Å²) in [5.74, 6) is -0.396. The van der Waals surface area contributed by atoms with E-state index in [-0.39, 0.29) is 12.1 Å². The number of carbonyl (C=O) groups excluding carboxylic acids is 2. The number of quaternary nitrogens is 1. The van der Waals surface area contributed by atoms with Crippen molar-refractivity contribution in [3.8, 4) is 0 Å². The number of amides is 2. The second-order valence-electron chi connectivity index (χ2n) is 5.87. The number of halogens is 1. The average Bonchev–Trinajstić information content (AvgIpc) is 2.49. The van der Waals surface area contributed by atoms with Crippen LogP contribution in [0, 0.1) is 0 Å². The lowest BCUT2D eigenvalue weighted by Gasteiger charge is -2.27. The van der Waals surface area contributed by atoms with Crippen LogP contribution in [0.4, 0.5) is 4.79 Å². The van der Waals surface area contributed by atoms with Gasteiger partial charge < -0.3 is 20.3 Å². The van der Waals surface area contributed by atoms with E-state index in [0.29, 0.717) is 29.4 Å². The summed E-state index contributed by atoms with van der Waals surface area (Å²) in [6.07, 6.45) is 0. The number of esters is 1. The molecule has 7 heteroatoms. The predicted molar refractivity (Wildman–Crippen MR) is 91.7 cm³/mol. The molecule has 0 fully saturated rings. The molecule has 130 valence electrons. The van der Waals surface area contributed by atoms with Crippen molar-refractivity contribution in [3.63, 3.8) is 0 Å². The Morgan fingerprint density at radius 2 is 1.96 bits per heavy atom. The molecule has 1 unspecified atom stereocenters. The van der Waals surface area contributed by atoms with Crippen LogP contribution < -0.4 is 15.5 Å². The van der Waals surface area contributed by atoms with Gasteiger partial charge in [-0.25, -0.2) is 9.59 Å². The SMILES string of the molecule is CCOC(=O)C1=C(C[NH+](C)Cc2ccc(Cl)cc2)NC(=O)N[C@@H]1C. The zero-order valence-corrected chi connectivity index (χ0v) is 14.9. The second-order valence-corrected chi connectivity index (χ2v) is 6.31. The van der Waals surface area contributed by atoms with E-state index in [1.165, 1.54) is 0 Å². The molecule has 0 saturated heterocycles. The highest BCUT2D eigenvalue weighted by Gasteiger charge is 2.31. The van der Waals surface area contributed by atoms with Crippen molar-refractivity contribution in [1.29, 1.82) is 0 Å². The van der Waals surface area contributed by atoms with Gasteiger partial charge in [-0.2, -0.15) is 0 Å². The van der Waals surface area contributed by atoms with Crippen molar-refractivity contribution in [3.05, 3.63) is 46.1 Å². The molecular formula is C17H23ClN3O3+. The first-order chi connectivity index (χ1) is 11.4. The molecule has 1 aliphatic rings. The van der Waals surface area contributed by atoms with Gasteiger partial charge in [0.1, 0.15) is 13.1 Å². The van der Waals surface area contributed by atoms with E-state index < -0.39 is 5.97 Å². The van der Waals surface area contributed by atoms with Crippen LogP contribution in [0.25, 0.3) is 0 Å². The van der Waals surface area contributed by atoms with Crippen molar-refractivity contribution in [2.75, 3.05) is 20.2 Å². The Hall–Kier alpha value is -2.05. The second kappa shape index (κ2) is 8.17. The maximum absolute atomic E-state index is 12.2. The summed E-state index contributed by atoms with van der Waals surface area (Å²) in [6, 6.07) is 6.96. The van der Waals surface area contributed by atoms with Crippen LogP contribution in [0.2, 0.25) is 5.02 Å². The van der Waals surface area contributed by atoms with Gasteiger partial charge in [-0.3, -0.25) is 0 Å². The first-order valence-electron chi connectivity index (χ1n) is 7.94. The number of urea groups is 1. The monoisotopic (exact) mass is 352 g/mol. The highest BCUT2D eigenvalue weighted by Crippen LogP contribution is 2.13. The van der Waals surface area contributed by atoms with Gasteiger partial charge in [0.25, 0.3) is 0 Å². The molecule has 1 aromatic rings. The van der Waals surface area contributed by atoms with Gasteiger partial charge in [0.15, 0.2) is 0 Å². The van der Waals surface area contributed by atoms with Gasteiger partial charge in [-0.15, -0.1) is 0 Å². The molecule has 1 aliphatic heterocycles. The fraction of sp³-hybridized carbons (Fsp3) is 0.412. The van der Waals surface area contributed by atoms with Crippen LogP contribution >= 0.6 is 11.6 Å². The van der Waals surface area contributed by atoms with Crippen molar-refractivity contribution >= 4 is 23.6 Å². The van der Waals surface area contributed by atoms with Gasteiger partial charge in [0, 0.05) is 10.6 Å². The maximum atomic E-state index is 12.2. The number of likely N-dealkylation sites (N-methyl/N-ethyl adjacent to an activating group) is 1. The Kier molecular flexibility index (Phi) is 6.23. The summed E-state index contributed by atoms with van der Waals surface area (Å²) < 4.78 is 5.12. The molecule has 24 heavy (non-hydrogen) atoms. The number of hydrogen-bond acceptors (Lipinski definition) is 3. The maximum Gasteiger partial charge on any atom is 0.338 e. The Labute approximate surface area is 146 Å². The highest BCUT2D eigenvalue weighted by molar-refractivity contribution is 6.30. The molecule has 0 saturated carbocycles.